The number of fused-ring (bicyclic) bond motifs is 4. The molecule has 8 rings (SSSR count). The second kappa shape index (κ2) is 11.5. The first-order chi connectivity index (χ1) is 30.5. The van der Waals surface area contributed by atoms with E-state index in [1.54, 1.807) is 24.3 Å². The predicted molar refractivity (Wildman–Crippen MR) is 204 cm³/mol. The Morgan fingerprint density at radius 3 is 1.85 bits per heavy atom. The number of aryl methyl sites for hydroxylation is 2. The molecule has 0 amide bonds. The highest BCUT2D eigenvalue weighted by Crippen LogP contribution is 2.53. The third kappa shape index (κ3) is 4.72. The first-order valence-electron chi connectivity index (χ1n) is 24.3. The maximum Gasteiger partial charge on any atom is 0.250 e. The number of hydrogen-bond acceptors (Lipinski definition) is 3. The van der Waals surface area contributed by atoms with E-state index in [4.69, 9.17) is 34.1 Å². The highest BCUT2D eigenvalue weighted by molar-refractivity contribution is 8.26. The van der Waals surface area contributed by atoms with E-state index in [2.05, 4.69) is 0 Å². The van der Waals surface area contributed by atoms with Crippen LogP contribution < -0.4 is 14.9 Å². The minimum Gasteiger partial charge on any atom is -0.456 e. The minimum atomic E-state index is -3.29. The SMILES string of the molecule is [2H]C([2H])([2H])c1ccc(-c2ccc(C([2H])([2H])[2H])c(-c3cccc4c3Oc3ccccc3C4(C([2H])([2H])[2H])C([2H])([2H])[2H])c2C([2H])([2H])[2H])c(C([2H])([2H])[2H])c1-c1cccc2c1Oc1ccccc1SB2C. The molecule has 0 saturated heterocycles. The van der Waals surface area contributed by atoms with Crippen molar-refractivity contribution in [3.05, 3.63) is 143 Å². The molecule has 4 heteroatoms. The summed E-state index contributed by atoms with van der Waals surface area (Å²) in [7, 11) is 0. The molecule has 0 aromatic heterocycles. The topological polar surface area (TPSA) is 18.5 Å². The van der Waals surface area contributed by atoms with Crippen LogP contribution in [0, 0.1) is 27.4 Å². The zero-order valence-electron chi connectivity index (χ0n) is 43.7. The minimum absolute atomic E-state index is 0.0976. The van der Waals surface area contributed by atoms with Gasteiger partial charge in [-0.2, -0.15) is 11.6 Å². The van der Waals surface area contributed by atoms with E-state index in [1.165, 1.54) is 72.3 Å². The maximum absolute atomic E-state index is 9.09. The van der Waals surface area contributed by atoms with Crippen LogP contribution in [0.15, 0.2) is 114 Å². The lowest BCUT2D eigenvalue weighted by molar-refractivity contribution is 0.419. The van der Waals surface area contributed by atoms with Crippen molar-refractivity contribution in [3.8, 4) is 56.4 Å². The van der Waals surface area contributed by atoms with Gasteiger partial charge in [-0.3, -0.25) is 0 Å². The van der Waals surface area contributed by atoms with E-state index in [0.29, 0.717) is 11.2 Å². The van der Waals surface area contributed by atoms with Gasteiger partial charge in [-0.05, 0) is 95.6 Å². The predicted octanol–water partition coefficient (Wildman–Crippen LogP) is 12.1. The van der Waals surface area contributed by atoms with Gasteiger partial charge in [-0.25, -0.2) is 0 Å². The van der Waals surface area contributed by atoms with Gasteiger partial charge in [0.15, 0.2) is 0 Å². The van der Waals surface area contributed by atoms with Gasteiger partial charge in [0, 0.05) is 57.2 Å². The second-order valence-corrected chi connectivity index (χ2v) is 13.3. The molecule has 0 bridgehead atoms. The van der Waals surface area contributed by atoms with Crippen LogP contribution in [0.25, 0.3) is 33.4 Å². The largest absolute Gasteiger partial charge is 0.456 e. The van der Waals surface area contributed by atoms with Crippen molar-refractivity contribution in [3.63, 3.8) is 0 Å². The van der Waals surface area contributed by atoms with Gasteiger partial charge in [-0.1, -0.05) is 112 Å². The third-order valence-electron chi connectivity index (χ3n) is 9.01. The van der Waals surface area contributed by atoms with Crippen molar-refractivity contribution in [1.82, 2.24) is 0 Å². The van der Waals surface area contributed by atoms with E-state index in [-0.39, 0.29) is 62.0 Å². The summed E-state index contributed by atoms with van der Waals surface area (Å²) >= 11 is 1.49. The Kier molecular flexibility index (Phi) is 3.98. The first-order valence-corrected chi connectivity index (χ1v) is 16.2. The zero-order valence-corrected chi connectivity index (χ0v) is 26.5. The van der Waals surface area contributed by atoms with Crippen LogP contribution in [-0.2, 0) is 5.41 Å². The quantitative estimate of drug-likeness (QED) is 0.176. The highest BCUT2D eigenvalue weighted by atomic mass is 32.2. The molecule has 48 heavy (non-hydrogen) atoms. The molecule has 0 N–H and O–H groups in total. The summed E-state index contributed by atoms with van der Waals surface area (Å²) in [4.78, 5) is 0.780. The summed E-state index contributed by atoms with van der Waals surface area (Å²) in [6.45, 7) is -17.1. The van der Waals surface area contributed by atoms with Gasteiger partial charge in [0.05, 0.1) is 0 Å². The Morgan fingerprint density at radius 1 is 0.562 bits per heavy atom. The molecule has 0 fully saturated rings. The molecule has 0 atom stereocenters. The molecule has 2 heterocycles. The van der Waals surface area contributed by atoms with E-state index >= 15 is 0 Å². The molecule has 0 unspecified atom stereocenters. The maximum atomic E-state index is 9.09. The Hall–Kier alpha value is -4.67. The van der Waals surface area contributed by atoms with Crippen LogP contribution in [-0.4, -0.2) is 5.99 Å². The molecule has 236 valence electrons. The summed E-state index contributed by atoms with van der Waals surface area (Å²) in [6, 6.07) is 26.2. The van der Waals surface area contributed by atoms with Crippen molar-refractivity contribution in [1.29, 1.82) is 0 Å². The van der Waals surface area contributed by atoms with Gasteiger partial charge >= 0.3 is 0 Å². The molecular weight excluding hydrogens is 603 g/mol. The van der Waals surface area contributed by atoms with Crippen LogP contribution in [0.2, 0.25) is 6.82 Å². The summed E-state index contributed by atoms with van der Waals surface area (Å²) in [6.07, 6.45) is 0. The Labute approximate surface area is 314 Å². The molecular formula is C44H39BO2S. The lowest BCUT2D eigenvalue weighted by Gasteiger charge is -2.35. The van der Waals surface area contributed by atoms with Crippen molar-refractivity contribution < 1.29 is 34.1 Å². The second-order valence-electron chi connectivity index (χ2n) is 11.9. The van der Waals surface area contributed by atoms with Crippen molar-refractivity contribution in [2.45, 2.75) is 58.2 Å². The lowest BCUT2D eigenvalue weighted by Crippen LogP contribution is -2.24. The number of rotatable bonds is 3. The summed E-state index contributed by atoms with van der Waals surface area (Å²) < 4.78 is 172. The van der Waals surface area contributed by atoms with Crippen LogP contribution in [0.3, 0.4) is 0 Å². The number of ether oxygens (including phenoxy) is 2. The Morgan fingerprint density at radius 2 is 1.17 bits per heavy atom. The molecule has 0 saturated carbocycles. The van der Waals surface area contributed by atoms with Gasteiger partial charge in [0.2, 0.25) is 5.99 Å². The Bertz CT molecular complexity index is 2900. The average molecular weight is 661 g/mol. The van der Waals surface area contributed by atoms with Crippen LogP contribution in [0.4, 0.5) is 0 Å². The first kappa shape index (κ1) is 16.6. The highest BCUT2D eigenvalue weighted by Gasteiger charge is 2.36. The number of benzene rings is 6. The van der Waals surface area contributed by atoms with E-state index in [9.17, 15) is 0 Å². The molecule has 2 aliphatic rings. The molecule has 2 nitrogen and oxygen atoms in total. The fourth-order valence-corrected chi connectivity index (χ4v) is 7.73. The molecule has 0 spiro atoms. The smallest absolute Gasteiger partial charge is 0.250 e. The van der Waals surface area contributed by atoms with Gasteiger partial charge in [0.1, 0.15) is 23.0 Å². The van der Waals surface area contributed by atoms with E-state index < -0.39 is 74.5 Å². The standard InChI is InChI=1S/C44H39BO2S/c1-26-22-24-30(28(3)40(26)32-14-12-17-35-42(32)46-37-19-9-8-16-34(37)44(35,5)6)31-25-23-27(2)41(29(31)4)33-15-13-18-36-43(33)47-38-20-10-11-21-39(38)48-45(36)7/h8-25H,1-7H3/i1D3,2D3,3D3,4D3,5D3,6D3. The van der Waals surface area contributed by atoms with Crippen LogP contribution in [0.1, 0.15) is 71.8 Å². The zero-order chi connectivity index (χ0) is 48.3. The fourth-order valence-electron chi connectivity index (χ4n) is 6.65. The molecule has 2 aliphatic heterocycles. The molecule has 6 aromatic carbocycles. The molecule has 0 radical (unpaired) electrons. The van der Waals surface area contributed by atoms with Crippen molar-refractivity contribution in [2.24, 2.45) is 0 Å². The van der Waals surface area contributed by atoms with Crippen LogP contribution in [0.5, 0.6) is 23.0 Å². The fraction of sp³-hybridized carbons (Fsp3) is 0.182. The van der Waals surface area contributed by atoms with E-state index in [0.717, 1.165) is 17.0 Å². The normalized spacial score (nSPS) is 21.2. The Balaban J connectivity index is 1.53. The monoisotopic (exact) mass is 660 g/mol. The average Bonchev–Trinajstić information content (AvgIpc) is 3.34. The number of hydrogen-bond donors (Lipinski definition) is 0. The number of para-hydroxylation sites is 4. The van der Waals surface area contributed by atoms with Crippen molar-refractivity contribution >= 4 is 23.1 Å². The lowest BCUT2D eigenvalue weighted by atomic mass is 9.69. The summed E-state index contributed by atoms with van der Waals surface area (Å²) in [5.41, 5.74) is -6.46. The van der Waals surface area contributed by atoms with Gasteiger partial charge in [-0.15, -0.1) is 0 Å². The van der Waals surface area contributed by atoms with Gasteiger partial charge < -0.3 is 9.47 Å². The summed E-state index contributed by atoms with van der Waals surface area (Å²) in [5, 5.41) is 0. The molecule has 6 aromatic rings. The van der Waals surface area contributed by atoms with Crippen molar-refractivity contribution in [2.75, 3.05) is 0 Å². The van der Waals surface area contributed by atoms with Crippen LogP contribution >= 0.6 is 11.6 Å². The van der Waals surface area contributed by atoms with Gasteiger partial charge in [0.25, 0.3) is 0 Å². The molecule has 0 aliphatic carbocycles. The van der Waals surface area contributed by atoms with E-state index in [1.807, 2.05) is 19.0 Å². The summed E-state index contributed by atoms with van der Waals surface area (Å²) in [5.74, 6) is -0.250. The third-order valence-corrected chi connectivity index (χ3v) is 10.2.